The molecule has 0 spiro atoms. The van der Waals surface area contributed by atoms with Crippen LogP contribution in [0.25, 0.3) is 22.5 Å². The molecule has 0 aliphatic heterocycles. The van der Waals surface area contributed by atoms with Crippen molar-refractivity contribution in [2.24, 2.45) is 0 Å². The summed E-state index contributed by atoms with van der Waals surface area (Å²) in [6, 6.07) is 22.9. The summed E-state index contributed by atoms with van der Waals surface area (Å²) in [7, 11) is 0. The van der Waals surface area contributed by atoms with Gasteiger partial charge in [-0.3, -0.25) is 4.79 Å². The van der Waals surface area contributed by atoms with Crippen LogP contribution in [0.15, 0.2) is 91.3 Å². The number of hydrogen-bond acceptors (Lipinski definition) is 2. The number of hydrogen-bond donors (Lipinski definition) is 1. The second-order valence-corrected chi connectivity index (χ2v) is 7.33. The van der Waals surface area contributed by atoms with E-state index in [2.05, 4.69) is 16.5 Å². The normalized spacial score (nSPS) is 11.1. The van der Waals surface area contributed by atoms with Crippen LogP contribution in [0.3, 0.4) is 0 Å². The van der Waals surface area contributed by atoms with E-state index < -0.39 is 17.5 Å². The average Bonchev–Trinajstić information content (AvgIpc) is 3.45. The van der Waals surface area contributed by atoms with Gasteiger partial charge in [-0.2, -0.15) is 5.10 Å². The molecule has 0 radical (unpaired) electrons. The smallest absolute Gasteiger partial charge is 0.272 e. The van der Waals surface area contributed by atoms with Crippen molar-refractivity contribution in [1.29, 1.82) is 0 Å². The Morgan fingerprint density at radius 2 is 1.72 bits per heavy atom. The van der Waals surface area contributed by atoms with Gasteiger partial charge in [-0.1, -0.05) is 42.5 Å². The summed E-state index contributed by atoms with van der Waals surface area (Å²) in [5.41, 5.74) is 3.55. The molecule has 0 saturated carbocycles. The summed E-state index contributed by atoms with van der Waals surface area (Å²) in [4.78, 5) is 12.5. The molecular formula is C25H18F2N4O. The molecule has 0 aliphatic carbocycles. The maximum absolute atomic E-state index is 13.8. The molecule has 1 amide bonds. The van der Waals surface area contributed by atoms with Crippen molar-refractivity contribution in [1.82, 2.24) is 19.5 Å². The van der Waals surface area contributed by atoms with E-state index in [-0.39, 0.29) is 17.8 Å². The fraction of sp³-hybridized carbons (Fsp3) is 0.0400. The quantitative estimate of drug-likeness (QED) is 0.428. The molecule has 0 aliphatic rings. The Morgan fingerprint density at radius 1 is 0.906 bits per heavy atom. The van der Waals surface area contributed by atoms with E-state index >= 15 is 0 Å². The summed E-state index contributed by atoms with van der Waals surface area (Å²) < 4.78 is 30.4. The van der Waals surface area contributed by atoms with Crippen LogP contribution < -0.4 is 5.32 Å². The molecule has 0 saturated heterocycles. The molecule has 5 nitrogen and oxygen atoms in total. The Hall–Kier alpha value is -4.26. The lowest BCUT2D eigenvalue weighted by molar-refractivity contribution is 0.0945. The number of amides is 1. The molecule has 32 heavy (non-hydrogen) atoms. The van der Waals surface area contributed by atoms with Crippen LogP contribution in [-0.2, 0) is 6.54 Å². The van der Waals surface area contributed by atoms with E-state index in [1.165, 1.54) is 6.07 Å². The highest BCUT2D eigenvalue weighted by Gasteiger charge is 2.13. The highest BCUT2D eigenvalue weighted by molar-refractivity contribution is 5.92. The van der Waals surface area contributed by atoms with Gasteiger partial charge in [0.2, 0.25) is 0 Å². The third-order valence-corrected chi connectivity index (χ3v) is 5.25. The van der Waals surface area contributed by atoms with Crippen molar-refractivity contribution < 1.29 is 13.6 Å². The fourth-order valence-electron chi connectivity index (χ4n) is 3.58. The number of halogens is 2. The molecule has 7 heteroatoms. The summed E-state index contributed by atoms with van der Waals surface area (Å²) in [5, 5.41) is 7.00. The molecule has 0 fully saturated rings. The van der Waals surface area contributed by atoms with Gasteiger partial charge in [-0.25, -0.2) is 13.5 Å². The van der Waals surface area contributed by atoms with Crippen molar-refractivity contribution in [2.75, 3.05) is 0 Å². The molecule has 0 bridgehead atoms. The minimum absolute atomic E-state index is 0.0632. The van der Waals surface area contributed by atoms with Gasteiger partial charge in [0, 0.05) is 36.1 Å². The predicted molar refractivity (Wildman–Crippen MR) is 117 cm³/mol. The van der Waals surface area contributed by atoms with Crippen molar-refractivity contribution in [2.45, 2.75) is 6.54 Å². The molecule has 1 N–H and O–H groups in total. The molecule has 5 aromatic rings. The summed E-state index contributed by atoms with van der Waals surface area (Å²) in [5.74, 6) is -1.03. The Labute approximate surface area is 182 Å². The number of nitrogens with one attached hydrogen (secondary N) is 1. The van der Waals surface area contributed by atoms with Gasteiger partial charge in [0.1, 0.15) is 17.5 Å². The van der Waals surface area contributed by atoms with Crippen molar-refractivity contribution in [3.05, 3.63) is 114 Å². The Bertz CT molecular complexity index is 1420. The highest BCUT2D eigenvalue weighted by atomic mass is 19.1. The minimum Gasteiger partial charge on any atom is -0.346 e. The van der Waals surface area contributed by atoms with Gasteiger partial charge in [-0.15, -0.1) is 0 Å². The van der Waals surface area contributed by atoms with E-state index in [0.717, 1.165) is 34.6 Å². The lowest BCUT2D eigenvalue weighted by atomic mass is 10.1. The average molecular weight is 428 g/mol. The second-order valence-electron chi connectivity index (χ2n) is 7.33. The van der Waals surface area contributed by atoms with Crippen LogP contribution in [0.5, 0.6) is 0 Å². The molecule has 5 rings (SSSR count). The van der Waals surface area contributed by atoms with Gasteiger partial charge in [0.25, 0.3) is 5.91 Å². The predicted octanol–water partition coefficient (Wildman–Crippen LogP) is 5.00. The van der Waals surface area contributed by atoms with Crippen molar-refractivity contribution in [3.63, 3.8) is 0 Å². The molecule has 3 aromatic heterocycles. The van der Waals surface area contributed by atoms with Crippen LogP contribution >= 0.6 is 0 Å². The molecule has 0 atom stereocenters. The molecule has 158 valence electrons. The third kappa shape index (κ3) is 3.76. The zero-order valence-corrected chi connectivity index (χ0v) is 16.9. The van der Waals surface area contributed by atoms with E-state index in [1.807, 2.05) is 59.1 Å². The fourth-order valence-corrected chi connectivity index (χ4v) is 3.58. The number of rotatable bonds is 5. The van der Waals surface area contributed by atoms with Crippen LogP contribution in [0, 0.1) is 11.6 Å². The number of nitrogens with zero attached hydrogens (tertiary/aromatic N) is 3. The third-order valence-electron chi connectivity index (χ3n) is 5.25. The van der Waals surface area contributed by atoms with Crippen LogP contribution in [0.4, 0.5) is 8.78 Å². The molecular weight excluding hydrogens is 410 g/mol. The first-order chi connectivity index (χ1) is 15.6. The molecule has 3 heterocycles. The van der Waals surface area contributed by atoms with E-state index in [9.17, 15) is 13.6 Å². The molecule has 2 aromatic carbocycles. The first kappa shape index (κ1) is 19.7. The van der Waals surface area contributed by atoms with Crippen LogP contribution in [0.2, 0.25) is 0 Å². The van der Waals surface area contributed by atoms with Gasteiger partial charge in [0.15, 0.2) is 5.69 Å². The summed E-state index contributed by atoms with van der Waals surface area (Å²) >= 11 is 0. The van der Waals surface area contributed by atoms with E-state index in [4.69, 9.17) is 0 Å². The van der Waals surface area contributed by atoms with Gasteiger partial charge < -0.3 is 9.72 Å². The number of fused-ring (bicyclic) bond motifs is 1. The number of carbonyl (C=O) groups excluding carboxylic acids is 1. The number of aromatic nitrogens is 3. The van der Waals surface area contributed by atoms with Crippen molar-refractivity contribution in [3.8, 4) is 16.9 Å². The highest BCUT2D eigenvalue weighted by Crippen LogP contribution is 2.23. The standard InChI is InChI=1S/C25H18F2N4O/c26-20-8-6-18(22(27)14-20)15-28-25(32)23-12-13-31(29-23)24-11-10-21-9-7-19(16-30(21)24)17-4-2-1-3-5-17/h1-14,16H,15H2,(H,28,32). The Balaban J connectivity index is 1.38. The van der Waals surface area contributed by atoms with Crippen molar-refractivity contribution >= 4 is 11.4 Å². The molecule has 0 unspecified atom stereocenters. The lowest BCUT2D eigenvalue weighted by Gasteiger charge is -2.07. The van der Waals surface area contributed by atoms with Gasteiger partial charge in [0.05, 0.1) is 0 Å². The van der Waals surface area contributed by atoms with E-state index in [1.54, 1.807) is 16.9 Å². The van der Waals surface area contributed by atoms with Crippen LogP contribution in [0.1, 0.15) is 16.1 Å². The maximum Gasteiger partial charge on any atom is 0.272 e. The number of benzene rings is 2. The second kappa shape index (κ2) is 8.11. The summed E-state index contributed by atoms with van der Waals surface area (Å²) in [6.45, 7) is -0.0632. The van der Waals surface area contributed by atoms with Gasteiger partial charge >= 0.3 is 0 Å². The van der Waals surface area contributed by atoms with Crippen LogP contribution in [-0.4, -0.2) is 20.1 Å². The topological polar surface area (TPSA) is 51.3 Å². The number of carbonyl (C=O) groups is 1. The Morgan fingerprint density at radius 3 is 2.53 bits per heavy atom. The zero-order valence-electron chi connectivity index (χ0n) is 16.9. The Kier molecular flexibility index (Phi) is 4.99. The number of pyridine rings is 1. The van der Waals surface area contributed by atoms with E-state index in [0.29, 0.717) is 0 Å². The van der Waals surface area contributed by atoms with Gasteiger partial charge in [-0.05, 0) is 41.5 Å². The largest absolute Gasteiger partial charge is 0.346 e. The first-order valence-electron chi connectivity index (χ1n) is 10.0. The maximum atomic E-state index is 13.8. The summed E-state index contributed by atoms with van der Waals surface area (Å²) in [6.07, 6.45) is 3.73. The minimum atomic E-state index is -0.704. The SMILES string of the molecule is O=C(NCc1ccc(F)cc1F)c1ccn(-c2ccc3ccc(-c4ccccc4)cn23)n1. The first-order valence-corrected chi connectivity index (χ1v) is 10.0. The monoisotopic (exact) mass is 428 g/mol. The zero-order chi connectivity index (χ0) is 22.1. The lowest BCUT2D eigenvalue weighted by Crippen LogP contribution is -2.24.